The Morgan fingerprint density at radius 1 is 1.30 bits per heavy atom. The summed E-state index contributed by atoms with van der Waals surface area (Å²) in [5.41, 5.74) is 0.0862. The second-order valence-electron chi connectivity index (χ2n) is 4.71. The van der Waals surface area contributed by atoms with E-state index >= 15 is 0 Å². The van der Waals surface area contributed by atoms with Crippen LogP contribution in [0.5, 0.6) is 0 Å². The maximum Gasteiger partial charge on any atom is 0.256 e. The molecule has 0 aliphatic heterocycles. The van der Waals surface area contributed by atoms with E-state index in [-0.39, 0.29) is 11.5 Å². The number of amides is 1. The Bertz CT molecular complexity index is 455. The Labute approximate surface area is 127 Å². The first kappa shape index (κ1) is 17.1. The molecule has 20 heavy (non-hydrogen) atoms. The van der Waals surface area contributed by atoms with Gasteiger partial charge in [0.05, 0.1) is 12.2 Å². The molecule has 112 valence electrons. The van der Waals surface area contributed by atoms with E-state index in [0.29, 0.717) is 30.7 Å². The first-order valence-corrected chi connectivity index (χ1v) is 7.13. The minimum absolute atomic E-state index is 0.0862. The maximum atomic E-state index is 13.9. The van der Waals surface area contributed by atoms with Crippen LogP contribution in [0, 0.1) is 5.82 Å². The van der Waals surface area contributed by atoms with Gasteiger partial charge in [0, 0.05) is 31.2 Å². The molecular formula is C14H20BrFN2O2. The highest BCUT2D eigenvalue weighted by Crippen LogP contribution is 2.17. The van der Waals surface area contributed by atoms with Crippen molar-refractivity contribution in [3.05, 3.63) is 34.1 Å². The molecule has 0 spiro atoms. The van der Waals surface area contributed by atoms with Crippen molar-refractivity contribution in [1.82, 2.24) is 9.80 Å². The van der Waals surface area contributed by atoms with Crippen LogP contribution in [0.15, 0.2) is 22.7 Å². The van der Waals surface area contributed by atoms with Crippen LogP contribution in [0.25, 0.3) is 0 Å². The number of carbonyl (C=O) groups is 1. The van der Waals surface area contributed by atoms with Gasteiger partial charge in [-0.3, -0.25) is 4.79 Å². The second-order valence-corrected chi connectivity index (χ2v) is 5.63. The van der Waals surface area contributed by atoms with Crippen molar-refractivity contribution in [1.29, 1.82) is 0 Å². The zero-order valence-electron chi connectivity index (χ0n) is 12.0. The van der Waals surface area contributed by atoms with E-state index in [4.69, 9.17) is 4.74 Å². The van der Waals surface area contributed by atoms with Crippen LogP contribution in [0.2, 0.25) is 0 Å². The first-order chi connectivity index (χ1) is 9.45. The van der Waals surface area contributed by atoms with Gasteiger partial charge in [0.2, 0.25) is 0 Å². The number of ether oxygens (including phenoxy) is 1. The third-order valence-corrected chi connectivity index (χ3v) is 3.32. The number of nitrogens with zero attached hydrogens (tertiary/aromatic N) is 2. The second kappa shape index (κ2) is 8.34. The van der Waals surface area contributed by atoms with E-state index in [9.17, 15) is 9.18 Å². The average molecular weight is 347 g/mol. The SMILES string of the molecule is COCCN(CCN(C)C)C(=O)c1ccc(Br)cc1F. The normalized spacial score (nSPS) is 10.9. The van der Waals surface area contributed by atoms with Gasteiger partial charge in [0.25, 0.3) is 5.91 Å². The number of halogens is 2. The molecule has 1 rings (SSSR count). The van der Waals surface area contributed by atoms with Gasteiger partial charge < -0.3 is 14.5 Å². The van der Waals surface area contributed by atoms with Gasteiger partial charge in [-0.2, -0.15) is 0 Å². The predicted octanol–water partition coefficient (Wildman–Crippen LogP) is 2.24. The molecule has 0 saturated heterocycles. The van der Waals surface area contributed by atoms with Gasteiger partial charge in [0.1, 0.15) is 5.82 Å². The summed E-state index contributed by atoms with van der Waals surface area (Å²) in [6.07, 6.45) is 0. The van der Waals surface area contributed by atoms with Gasteiger partial charge in [-0.25, -0.2) is 4.39 Å². The molecule has 0 radical (unpaired) electrons. The van der Waals surface area contributed by atoms with Crippen molar-refractivity contribution in [2.75, 3.05) is 47.4 Å². The fourth-order valence-electron chi connectivity index (χ4n) is 1.67. The van der Waals surface area contributed by atoms with Crippen molar-refractivity contribution in [2.24, 2.45) is 0 Å². The molecule has 0 saturated carbocycles. The summed E-state index contributed by atoms with van der Waals surface area (Å²) in [7, 11) is 5.44. The van der Waals surface area contributed by atoms with E-state index in [1.54, 1.807) is 18.1 Å². The van der Waals surface area contributed by atoms with Crippen LogP contribution in [0.1, 0.15) is 10.4 Å². The lowest BCUT2D eigenvalue weighted by molar-refractivity contribution is 0.0678. The Hall–Kier alpha value is -0.980. The number of methoxy groups -OCH3 is 1. The molecule has 4 nitrogen and oxygen atoms in total. The summed E-state index contributed by atoms with van der Waals surface area (Å²) in [4.78, 5) is 16.0. The van der Waals surface area contributed by atoms with Crippen molar-refractivity contribution >= 4 is 21.8 Å². The topological polar surface area (TPSA) is 32.8 Å². The van der Waals surface area contributed by atoms with E-state index in [1.165, 1.54) is 12.1 Å². The molecule has 0 N–H and O–H groups in total. The average Bonchev–Trinajstić information content (AvgIpc) is 2.38. The van der Waals surface area contributed by atoms with E-state index < -0.39 is 5.82 Å². The van der Waals surface area contributed by atoms with E-state index in [0.717, 1.165) is 0 Å². The standard InChI is InChI=1S/C14H20BrFN2O2/c1-17(2)6-7-18(8-9-20-3)14(19)12-5-4-11(15)10-13(12)16/h4-5,10H,6-9H2,1-3H3. The lowest BCUT2D eigenvalue weighted by atomic mass is 10.2. The highest BCUT2D eigenvalue weighted by Gasteiger charge is 2.19. The molecule has 0 aliphatic rings. The molecule has 0 unspecified atom stereocenters. The molecule has 1 aromatic carbocycles. The number of likely N-dealkylation sites (N-methyl/N-ethyl adjacent to an activating group) is 1. The van der Waals surface area contributed by atoms with Crippen LogP contribution < -0.4 is 0 Å². The number of hydrogen-bond acceptors (Lipinski definition) is 3. The fourth-order valence-corrected chi connectivity index (χ4v) is 2.00. The summed E-state index contributed by atoms with van der Waals surface area (Å²) < 4.78 is 19.5. The summed E-state index contributed by atoms with van der Waals surface area (Å²) in [6, 6.07) is 4.46. The Morgan fingerprint density at radius 2 is 2.00 bits per heavy atom. The van der Waals surface area contributed by atoms with Crippen molar-refractivity contribution in [3.63, 3.8) is 0 Å². The van der Waals surface area contributed by atoms with Gasteiger partial charge in [-0.05, 0) is 32.3 Å². The Morgan fingerprint density at radius 3 is 2.55 bits per heavy atom. The summed E-state index contributed by atoms with van der Waals surface area (Å²) >= 11 is 3.18. The predicted molar refractivity (Wildman–Crippen MR) is 80.4 cm³/mol. The third-order valence-electron chi connectivity index (χ3n) is 2.83. The highest BCUT2D eigenvalue weighted by atomic mass is 79.9. The summed E-state index contributed by atoms with van der Waals surface area (Å²) in [6.45, 7) is 2.12. The number of benzene rings is 1. The minimum Gasteiger partial charge on any atom is -0.383 e. The van der Waals surface area contributed by atoms with Crippen LogP contribution in [0.4, 0.5) is 4.39 Å². The first-order valence-electron chi connectivity index (χ1n) is 6.33. The highest BCUT2D eigenvalue weighted by molar-refractivity contribution is 9.10. The third kappa shape index (κ3) is 5.19. The zero-order valence-corrected chi connectivity index (χ0v) is 13.6. The van der Waals surface area contributed by atoms with Crippen molar-refractivity contribution < 1.29 is 13.9 Å². The molecule has 1 amide bonds. The number of carbonyl (C=O) groups excluding carboxylic acids is 1. The summed E-state index contributed by atoms with van der Waals surface area (Å²) in [5.74, 6) is -0.828. The van der Waals surface area contributed by atoms with Crippen LogP contribution in [-0.4, -0.2) is 63.2 Å². The quantitative estimate of drug-likeness (QED) is 0.759. The molecule has 0 atom stereocenters. The van der Waals surface area contributed by atoms with Crippen LogP contribution in [0.3, 0.4) is 0 Å². The minimum atomic E-state index is -0.517. The Kier molecular flexibility index (Phi) is 7.12. The van der Waals surface area contributed by atoms with Gasteiger partial charge >= 0.3 is 0 Å². The van der Waals surface area contributed by atoms with Gasteiger partial charge in [0.15, 0.2) is 0 Å². The molecule has 0 bridgehead atoms. The molecular weight excluding hydrogens is 327 g/mol. The largest absolute Gasteiger partial charge is 0.383 e. The van der Waals surface area contributed by atoms with E-state index in [2.05, 4.69) is 15.9 Å². The molecule has 0 heterocycles. The molecule has 0 aliphatic carbocycles. The van der Waals surface area contributed by atoms with E-state index in [1.807, 2.05) is 19.0 Å². The number of hydrogen-bond donors (Lipinski definition) is 0. The van der Waals surface area contributed by atoms with Gasteiger partial charge in [-0.15, -0.1) is 0 Å². The number of rotatable bonds is 7. The maximum absolute atomic E-state index is 13.9. The lowest BCUT2D eigenvalue weighted by Crippen LogP contribution is -2.39. The monoisotopic (exact) mass is 346 g/mol. The Balaban J connectivity index is 2.84. The lowest BCUT2D eigenvalue weighted by Gasteiger charge is -2.24. The zero-order chi connectivity index (χ0) is 15.1. The smallest absolute Gasteiger partial charge is 0.256 e. The molecule has 0 aromatic heterocycles. The fraction of sp³-hybridized carbons (Fsp3) is 0.500. The summed E-state index contributed by atoms with van der Waals surface area (Å²) in [5, 5.41) is 0. The molecule has 6 heteroatoms. The molecule has 0 fully saturated rings. The van der Waals surface area contributed by atoms with Crippen molar-refractivity contribution in [2.45, 2.75) is 0 Å². The van der Waals surface area contributed by atoms with Gasteiger partial charge in [-0.1, -0.05) is 15.9 Å². The van der Waals surface area contributed by atoms with Crippen molar-refractivity contribution in [3.8, 4) is 0 Å². The molecule has 1 aromatic rings. The van der Waals surface area contributed by atoms with Crippen LogP contribution >= 0.6 is 15.9 Å². The van der Waals surface area contributed by atoms with Crippen LogP contribution in [-0.2, 0) is 4.74 Å².